The number of nitro groups is 1. The van der Waals surface area contributed by atoms with E-state index in [2.05, 4.69) is 4.98 Å². The first kappa shape index (κ1) is 14.3. The highest BCUT2D eigenvalue weighted by Gasteiger charge is 2.19. The van der Waals surface area contributed by atoms with Gasteiger partial charge in [-0.15, -0.1) is 0 Å². The molecule has 0 saturated carbocycles. The second-order valence-electron chi connectivity index (χ2n) is 3.78. The van der Waals surface area contributed by atoms with Crippen molar-refractivity contribution in [3.05, 3.63) is 57.9 Å². The molecule has 0 saturated heterocycles. The van der Waals surface area contributed by atoms with Gasteiger partial charge in [-0.25, -0.2) is 14.2 Å². The highest BCUT2D eigenvalue weighted by Crippen LogP contribution is 2.29. The van der Waals surface area contributed by atoms with Crippen LogP contribution in [0, 0.1) is 21.7 Å². The van der Waals surface area contributed by atoms with Crippen molar-refractivity contribution < 1.29 is 28.3 Å². The van der Waals surface area contributed by atoms with Gasteiger partial charge < -0.3 is 9.84 Å². The smallest absolute Gasteiger partial charge is 0.354 e. The zero-order valence-electron chi connectivity index (χ0n) is 10.1. The van der Waals surface area contributed by atoms with Gasteiger partial charge in [-0.3, -0.25) is 10.1 Å². The van der Waals surface area contributed by atoms with Crippen LogP contribution >= 0.6 is 0 Å². The summed E-state index contributed by atoms with van der Waals surface area (Å²) in [5, 5.41) is 19.1. The summed E-state index contributed by atoms with van der Waals surface area (Å²) < 4.78 is 31.9. The Morgan fingerprint density at radius 3 is 2.52 bits per heavy atom. The Labute approximate surface area is 115 Å². The molecule has 0 aliphatic carbocycles. The predicted octanol–water partition coefficient (Wildman–Crippen LogP) is 2.76. The molecule has 0 atom stereocenters. The van der Waals surface area contributed by atoms with Crippen molar-refractivity contribution >= 4 is 11.7 Å². The molecule has 1 aromatic carbocycles. The van der Waals surface area contributed by atoms with Crippen molar-refractivity contribution in [1.82, 2.24) is 4.98 Å². The number of halogens is 2. The van der Waals surface area contributed by atoms with Gasteiger partial charge in [0.15, 0.2) is 11.6 Å². The lowest BCUT2D eigenvalue weighted by atomic mass is 10.2. The first-order chi connectivity index (χ1) is 9.88. The van der Waals surface area contributed by atoms with E-state index >= 15 is 0 Å². The minimum absolute atomic E-state index is 0.0489. The number of hydrogen-bond acceptors (Lipinski definition) is 5. The van der Waals surface area contributed by atoms with E-state index in [1.165, 1.54) is 6.07 Å². The average Bonchev–Trinajstić information content (AvgIpc) is 2.42. The summed E-state index contributed by atoms with van der Waals surface area (Å²) in [6.07, 6.45) is 1.00. The minimum Gasteiger partial charge on any atom is -0.477 e. The quantitative estimate of drug-likeness (QED) is 0.687. The molecule has 1 heterocycles. The van der Waals surface area contributed by atoms with Gasteiger partial charge in [0.05, 0.1) is 17.2 Å². The number of rotatable bonds is 4. The summed E-state index contributed by atoms with van der Waals surface area (Å²) in [5.41, 5.74) is -1.27. The number of aromatic nitrogens is 1. The van der Waals surface area contributed by atoms with Gasteiger partial charge in [-0.1, -0.05) is 0 Å². The summed E-state index contributed by atoms with van der Waals surface area (Å²) in [4.78, 5) is 23.5. The molecular weight excluding hydrogens is 290 g/mol. The lowest BCUT2D eigenvalue weighted by molar-refractivity contribution is -0.387. The number of nitro benzene ring substituents is 1. The molecule has 0 radical (unpaired) electrons. The number of ether oxygens (including phenoxy) is 1. The summed E-state index contributed by atoms with van der Waals surface area (Å²) in [7, 11) is 0. The molecule has 0 amide bonds. The van der Waals surface area contributed by atoms with E-state index in [9.17, 15) is 23.7 Å². The number of carboxylic acids is 1. The summed E-state index contributed by atoms with van der Waals surface area (Å²) in [6.45, 7) is 0. The zero-order chi connectivity index (χ0) is 15.6. The minimum atomic E-state index is -1.26. The van der Waals surface area contributed by atoms with Crippen LogP contribution in [-0.2, 0) is 0 Å². The molecule has 2 rings (SSSR count). The van der Waals surface area contributed by atoms with Gasteiger partial charge in [0.25, 0.3) is 0 Å². The topological polar surface area (TPSA) is 103 Å². The van der Waals surface area contributed by atoms with Crippen LogP contribution in [-0.4, -0.2) is 21.0 Å². The molecule has 21 heavy (non-hydrogen) atoms. The van der Waals surface area contributed by atoms with E-state index in [4.69, 9.17) is 9.84 Å². The normalized spacial score (nSPS) is 10.2. The fraction of sp³-hybridized carbons (Fsp3) is 0. The Bertz CT molecular complexity index is 718. The first-order valence-corrected chi connectivity index (χ1v) is 5.39. The van der Waals surface area contributed by atoms with Gasteiger partial charge in [-0.2, -0.15) is 4.39 Å². The summed E-state index contributed by atoms with van der Waals surface area (Å²) in [6, 6.07) is 3.22. The van der Waals surface area contributed by atoms with Crippen molar-refractivity contribution in [2.75, 3.05) is 0 Å². The Kier molecular flexibility index (Phi) is 3.74. The monoisotopic (exact) mass is 296 g/mol. The molecule has 0 unspecified atom stereocenters. The van der Waals surface area contributed by atoms with Crippen molar-refractivity contribution in [1.29, 1.82) is 0 Å². The molecule has 108 valence electrons. The van der Waals surface area contributed by atoms with Crippen LogP contribution in [0.15, 0.2) is 30.5 Å². The van der Waals surface area contributed by atoms with E-state index in [0.717, 1.165) is 12.3 Å². The standard InChI is InChI=1S/C12H6F2N2O5/c13-7-4-11(8(14)3-10(7)16(19)20)21-6-1-2-9(12(17)18)15-5-6/h1-5H,(H,17,18). The molecule has 2 aromatic rings. The third-order valence-electron chi connectivity index (χ3n) is 2.38. The number of aromatic carboxylic acids is 1. The molecule has 0 fully saturated rings. The number of hydrogen-bond donors (Lipinski definition) is 1. The second-order valence-corrected chi connectivity index (χ2v) is 3.78. The summed E-state index contributed by atoms with van der Waals surface area (Å²) >= 11 is 0. The van der Waals surface area contributed by atoms with Crippen LogP contribution in [0.2, 0.25) is 0 Å². The number of pyridine rings is 1. The molecule has 0 spiro atoms. The van der Waals surface area contributed by atoms with Gasteiger partial charge in [0.1, 0.15) is 11.4 Å². The third-order valence-corrected chi connectivity index (χ3v) is 2.38. The van der Waals surface area contributed by atoms with E-state index in [0.29, 0.717) is 12.1 Å². The fourth-order valence-electron chi connectivity index (χ4n) is 1.43. The average molecular weight is 296 g/mol. The Morgan fingerprint density at radius 1 is 1.29 bits per heavy atom. The molecule has 7 nitrogen and oxygen atoms in total. The number of carboxylic acid groups (broad SMARTS) is 1. The van der Waals surface area contributed by atoms with Crippen LogP contribution in [0.5, 0.6) is 11.5 Å². The SMILES string of the molecule is O=C(O)c1ccc(Oc2cc(F)c([N+](=O)[O-])cc2F)cn1. The van der Waals surface area contributed by atoms with Gasteiger partial charge in [0.2, 0.25) is 5.82 Å². The fourth-order valence-corrected chi connectivity index (χ4v) is 1.43. The lowest BCUT2D eigenvalue weighted by Crippen LogP contribution is -2.00. The first-order valence-electron chi connectivity index (χ1n) is 5.39. The van der Waals surface area contributed by atoms with Crippen LogP contribution in [0.4, 0.5) is 14.5 Å². The molecule has 1 N–H and O–H groups in total. The molecule has 0 aliphatic heterocycles. The second kappa shape index (κ2) is 5.49. The van der Waals surface area contributed by atoms with Gasteiger partial charge in [0, 0.05) is 6.07 Å². The van der Waals surface area contributed by atoms with Crippen LogP contribution < -0.4 is 4.74 Å². The maximum absolute atomic E-state index is 13.6. The summed E-state index contributed by atoms with van der Waals surface area (Å²) in [5.74, 6) is -4.28. The molecule has 0 bridgehead atoms. The van der Waals surface area contributed by atoms with E-state index < -0.39 is 34.0 Å². The van der Waals surface area contributed by atoms with Crippen LogP contribution in [0.25, 0.3) is 0 Å². The highest BCUT2D eigenvalue weighted by molar-refractivity contribution is 5.85. The number of carbonyl (C=O) groups is 1. The van der Waals surface area contributed by atoms with E-state index in [1.807, 2.05) is 0 Å². The highest BCUT2D eigenvalue weighted by atomic mass is 19.1. The van der Waals surface area contributed by atoms with Crippen molar-refractivity contribution in [3.8, 4) is 11.5 Å². The Balaban J connectivity index is 2.29. The maximum Gasteiger partial charge on any atom is 0.354 e. The number of benzene rings is 1. The molecule has 9 heteroatoms. The lowest BCUT2D eigenvalue weighted by Gasteiger charge is -2.06. The Morgan fingerprint density at radius 2 is 2.00 bits per heavy atom. The molecule has 0 aliphatic rings. The van der Waals surface area contributed by atoms with Gasteiger partial charge in [-0.05, 0) is 12.1 Å². The van der Waals surface area contributed by atoms with Gasteiger partial charge >= 0.3 is 11.7 Å². The van der Waals surface area contributed by atoms with E-state index in [1.54, 1.807) is 0 Å². The molecular formula is C12H6F2N2O5. The van der Waals surface area contributed by atoms with Crippen molar-refractivity contribution in [3.63, 3.8) is 0 Å². The zero-order valence-corrected chi connectivity index (χ0v) is 10.1. The van der Waals surface area contributed by atoms with Crippen molar-refractivity contribution in [2.24, 2.45) is 0 Å². The van der Waals surface area contributed by atoms with Crippen molar-refractivity contribution in [2.45, 2.75) is 0 Å². The van der Waals surface area contributed by atoms with E-state index in [-0.39, 0.29) is 11.4 Å². The predicted molar refractivity (Wildman–Crippen MR) is 64.3 cm³/mol. The largest absolute Gasteiger partial charge is 0.477 e. The molecule has 1 aromatic heterocycles. The maximum atomic E-state index is 13.6. The third kappa shape index (κ3) is 3.08. The van der Waals surface area contributed by atoms with Crippen LogP contribution in [0.1, 0.15) is 10.5 Å². The van der Waals surface area contributed by atoms with Crippen LogP contribution in [0.3, 0.4) is 0 Å². The number of nitrogens with zero attached hydrogens (tertiary/aromatic N) is 2. The Hall–Kier alpha value is -3.10.